The minimum Gasteiger partial charge on any atom is -0.342 e. The van der Waals surface area contributed by atoms with Gasteiger partial charge in [-0.05, 0) is 65.3 Å². The van der Waals surface area contributed by atoms with Gasteiger partial charge in [0.15, 0.2) is 0 Å². The molecule has 0 unspecified atom stereocenters. The molecule has 1 atom stereocenters. The molecule has 1 amide bonds. The van der Waals surface area contributed by atoms with Gasteiger partial charge >= 0.3 is 0 Å². The molecular formula is C16H18N6OS. The number of hydrogen-bond acceptors (Lipinski definition) is 5. The summed E-state index contributed by atoms with van der Waals surface area (Å²) < 4.78 is 3.51. The number of hydrogen-bond donors (Lipinski definition) is 1. The van der Waals surface area contributed by atoms with Crippen LogP contribution in [0.2, 0.25) is 0 Å². The minimum atomic E-state index is -0.216. The highest BCUT2D eigenvalue weighted by molar-refractivity contribution is 7.98. The first-order valence-corrected chi connectivity index (χ1v) is 8.93. The van der Waals surface area contributed by atoms with Crippen LogP contribution in [0.5, 0.6) is 0 Å². The lowest BCUT2D eigenvalue weighted by Crippen LogP contribution is -2.25. The van der Waals surface area contributed by atoms with Crippen molar-refractivity contribution < 1.29 is 4.79 Å². The van der Waals surface area contributed by atoms with E-state index < -0.39 is 0 Å². The number of anilines is 1. The normalized spacial score (nSPS) is 12.0. The second-order valence-electron chi connectivity index (χ2n) is 5.22. The van der Waals surface area contributed by atoms with E-state index in [1.165, 1.54) is 6.33 Å². The molecule has 3 aromatic rings. The Morgan fingerprint density at radius 1 is 1.25 bits per heavy atom. The zero-order valence-corrected chi connectivity index (χ0v) is 14.1. The molecule has 24 heavy (non-hydrogen) atoms. The zero-order valence-electron chi connectivity index (χ0n) is 13.2. The summed E-state index contributed by atoms with van der Waals surface area (Å²) >= 11 is 1.74. The Labute approximate surface area is 144 Å². The van der Waals surface area contributed by atoms with E-state index >= 15 is 0 Å². The number of nitrogens with one attached hydrogen (secondary N) is 1. The average molecular weight is 342 g/mol. The van der Waals surface area contributed by atoms with Crippen molar-refractivity contribution >= 4 is 23.4 Å². The third-order valence-electron chi connectivity index (χ3n) is 3.63. The topological polar surface area (TPSA) is 77.6 Å². The lowest BCUT2D eigenvalue weighted by atomic mass is 10.2. The molecule has 0 aliphatic heterocycles. The van der Waals surface area contributed by atoms with Crippen molar-refractivity contribution in [1.82, 2.24) is 24.8 Å². The van der Waals surface area contributed by atoms with Crippen molar-refractivity contribution in [3.63, 3.8) is 0 Å². The van der Waals surface area contributed by atoms with Gasteiger partial charge in [0.1, 0.15) is 12.4 Å². The molecule has 0 radical (unpaired) electrons. The van der Waals surface area contributed by atoms with E-state index in [4.69, 9.17) is 0 Å². The van der Waals surface area contributed by atoms with Gasteiger partial charge in [0.05, 0.1) is 5.69 Å². The number of amides is 1. The summed E-state index contributed by atoms with van der Waals surface area (Å²) in [5.41, 5.74) is 1.58. The molecule has 0 aliphatic rings. The maximum absolute atomic E-state index is 12.7. The van der Waals surface area contributed by atoms with Gasteiger partial charge < -0.3 is 9.88 Å². The molecule has 8 heteroatoms. The average Bonchev–Trinajstić information content (AvgIpc) is 3.30. The molecule has 2 heterocycles. The molecular weight excluding hydrogens is 324 g/mol. The molecule has 1 aromatic carbocycles. The van der Waals surface area contributed by atoms with E-state index in [0.29, 0.717) is 0 Å². The van der Waals surface area contributed by atoms with Crippen molar-refractivity contribution in [3.05, 3.63) is 55.1 Å². The predicted molar refractivity (Wildman–Crippen MR) is 94.3 cm³/mol. The first kappa shape index (κ1) is 16.3. The summed E-state index contributed by atoms with van der Waals surface area (Å²) in [6.45, 7) is 0. The van der Waals surface area contributed by atoms with E-state index in [2.05, 4.69) is 20.8 Å². The van der Waals surface area contributed by atoms with Gasteiger partial charge in [0, 0.05) is 18.1 Å². The van der Waals surface area contributed by atoms with Crippen LogP contribution in [0.1, 0.15) is 12.5 Å². The van der Waals surface area contributed by atoms with E-state index in [9.17, 15) is 4.79 Å². The standard InChI is InChI=1S/C16H18N6OS/c1-24-11-8-15(21-9-2-3-10-21)16(23)18-13-4-6-14(7-5-13)22-12-17-19-20-22/h2-7,9-10,12,15H,8,11H2,1H3,(H,18,23)/t15-/m0/s1. The Bertz CT molecular complexity index is 754. The van der Waals surface area contributed by atoms with Crippen LogP contribution in [-0.4, -0.2) is 42.7 Å². The summed E-state index contributed by atoms with van der Waals surface area (Å²) in [5.74, 6) is 0.907. The summed E-state index contributed by atoms with van der Waals surface area (Å²) in [5, 5.41) is 14.0. The fourth-order valence-corrected chi connectivity index (χ4v) is 2.86. The van der Waals surface area contributed by atoms with E-state index in [-0.39, 0.29) is 11.9 Å². The van der Waals surface area contributed by atoms with Gasteiger partial charge in [0.2, 0.25) is 5.91 Å². The van der Waals surface area contributed by atoms with Crippen LogP contribution in [-0.2, 0) is 4.79 Å². The third-order valence-corrected chi connectivity index (χ3v) is 4.28. The van der Waals surface area contributed by atoms with Gasteiger partial charge in [-0.3, -0.25) is 4.79 Å². The van der Waals surface area contributed by atoms with Crippen LogP contribution in [0.25, 0.3) is 5.69 Å². The molecule has 0 spiro atoms. The van der Waals surface area contributed by atoms with Crippen molar-refractivity contribution in [2.45, 2.75) is 12.5 Å². The molecule has 1 N–H and O–H groups in total. The SMILES string of the molecule is CSCC[C@@H](C(=O)Nc1ccc(-n2cnnn2)cc1)n1cccc1. The second kappa shape index (κ2) is 7.78. The third kappa shape index (κ3) is 3.83. The number of carbonyl (C=O) groups is 1. The molecule has 7 nitrogen and oxygen atoms in total. The fourth-order valence-electron chi connectivity index (χ4n) is 2.40. The number of nitrogens with zero attached hydrogens (tertiary/aromatic N) is 5. The maximum atomic E-state index is 12.7. The molecule has 2 aromatic heterocycles. The summed E-state index contributed by atoms with van der Waals surface area (Å²) in [7, 11) is 0. The van der Waals surface area contributed by atoms with Crippen molar-refractivity contribution in [2.24, 2.45) is 0 Å². The maximum Gasteiger partial charge on any atom is 0.247 e. The van der Waals surface area contributed by atoms with Crippen LogP contribution < -0.4 is 5.32 Å². The molecule has 0 aliphatic carbocycles. The molecule has 0 bridgehead atoms. The van der Waals surface area contributed by atoms with E-state index in [0.717, 1.165) is 23.5 Å². The highest BCUT2D eigenvalue weighted by Gasteiger charge is 2.19. The summed E-state index contributed by atoms with van der Waals surface area (Å²) in [6, 6.07) is 11.1. The Hall–Kier alpha value is -2.61. The number of thioether (sulfide) groups is 1. The molecule has 0 fully saturated rings. The highest BCUT2D eigenvalue weighted by Crippen LogP contribution is 2.19. The number of aromatic nitrogens is 5. The lowest BCUT2D eigenvalue weighted by molar-refractivity contribution is -0.119. The molecule has 124 valence electrons. The quantitative estimate of drug-likeness (QED) is 0.713. The minimum absolute atomic E-state index is 0.0181. The zero-order chi connectivity index (χ0) is 16.8. The number of tetrazole rings is 1. The highest BCUT2D eigenvalue weighted by atomic mass is 32.2. The predicted octanol–water partition coefficient (Wildman–Crippen LogP) is 2.40. The molecule has 3 rings (SSSR count). The van der Waals surface area contributed by atoms with Gasteiger partial charge in [-0.1, -0.05) is 0 Å². The van der Waals surface area contributed by atoms with Gasteiger partial charge in [-0.25, -0.2) is 4.68 Å². The van der Waals surface area contributed by atoms with Gasteiger partial charge in [-0.15, -0.1) is 5.10 Å². The van der Waals surface area contributed by atoms with Crippen LogP contribution in [0, 0.1) is 0 Å². The van der Waals surface area contributed by atoms with Crippen LogP contribution in [0.3, 0.4) is 0 Å². The smallest absolute Gasteiger partial charge is 0.247 e. The number of rotatable bonds is 7. The van der Waals surface area contributed by atoms with Gasteiger partial charge in [-0.2, -0.15) is 11.8 Å². The number of carbonyl (C=O) groups excluding carboxylic acids is 1. The Morgan fingerprint density at radius 2 is 2.00 bits per heavy atom. The molecule has 0 saturated carbocycles. The monoisotopic (exact) mass is 342 g/mol. The first-order valence-electron chi connectivity index (χ1n) is 7.53. The number of benzene rings is 1. The van der Waals surface area contributed by atoms with E-state index in [1.807, 2.05) is 59.6 Å². The Morgan fingerprint density at radius 3 is 2.62 bits per heavy atom. The molecule has 0 saturated heterocycles. The van der Waals surface area contributed by atoms with Crippen LogP contribution >= 0.6 is 11.8 Å². The second-order valence-corrected chi connectivity index (χ2v) is 6.20. The Balaban J connectivity index is 1.70. The summed E-state index contributed by atoms with van der Waals surface area (Å²) in [6.07, 6.45) is 8.20. The largest absolute Gasteiger partial charge is 0.342 e. The van der Waals surface area contributed by atoms with Gasteiger partial charge in [0.25, 0.3) is 0 Å². The van der Waals surface area contributed by atoms with Crippen LogP contribution in [0.4, 0.5) is 5.69 Å². The van der Waals surface area contributed by atoms with Crippen molar-refractivity contribution in [1.29, 1.82) is 0 Å². The first-order chi connectivity index (χ1) is 11.8. The van der Waals surface area contributed by atoms with E-state index in [1.54, 1.807) is 16.4 Å². The van der Waals surface area contributed by atoms with Crippen molar-refractivity contribution in [3.8, 4) is 5.69 Å². The Kier molecular flexibility index (Phi) is 5.27. The van der Waals surface area contributed by atoms with Crippen LogP contribution in [0.15, 0.2) is 55.1 Å². The fraction of sp³-hybridized carbons (Fsp3) is 0.250. The summed E-state index contributed by atoms with van der Waals surface area (Å²) in [4.78, 5) is 12.7. The lowest BCUT2D eigenvalue weighted by Gasteiger charge is -2.18. The van der Waals surface area contributed by atoms with Crippen molar-refractivity contribution in [2.75, 3.05) is 17.3 Å².